The van der Waals surface area contributed by atoms with E-state index in [1.807, 2.05) is 0 Å². The number of aliphatic hydroxyl groups is 1. The third-order valence-corrected chi connectivity index (χ3v) is 2.08. The molecule has 0 spiro atoms. The van der Waals surface area contributed by atoms with Crippen LogP contribution in [0.2, 0.25) is 0 Å². The predicted molar refractivity (Wildman–Crippen MR) is 37.2 cm³/mol. The zero-order valence-electron chi connectivity index (χ0n) is 6.57. The number of carboxylic acids is 1. The third kappa shape index (κ3) is 1.23. The van der Waals surface area contributed by atoms with Gasteiger partial charge >= 0.3 is 5.97 Å². The van der Waals surface area contributed by atoms with Gasteiger partial charge in [0.15, 0.2) is 5.60 Å². The van der Waals surface area contributed by atoms with Crippen molar-refractivity contribution >= 4 is 5.97 Å². The monoisotopic (exact) mass is 160 g/mol. The Labute approximate surface area is 64.8 Å². The number of aliphatic carboxylic acids is 1. The fourth-order valence-corrected chi connectivity index (χ4v) is 1.37. The molecule has 0 amide bonds. The quantitative estimate of drug-likeness (QED) is 0.566. The van der Waals surface area contributed by atoms with Crippen molar-refractivity contribution in [2.24, 2.45) is 0 Å². The van der Waals surface area contributed by atoms with Crippen molar-refractivity contribution in [2.45, 2.75) is 38.1 Å². The smallest absolute Gasteiger partial charge is 0.338 e. The Kier molecular flexibility index (Phi) is 1.90. The van der Waals surface area contributed by atoms with E-state index in [0.29, 0.717) is 0 Å². The Balaban J connectivity index is 2.79. The van der Waals surface area contributed by atoms with Crippen LogP contribution in [0, 0.1) is 0 Å². The highest BCUT2D eigenvalue weighted by molar-refractivity contribution is 5.78. The van der Waals surface area contributed by atoms with Gasteiger partial charge in [0.05, 0.1) is 12.2 Å². The van der Waals surface area contributed by atoms with Crippen LogP contribution in [-0.2, 0) is 9.53 Å². The van der Waals surface area contributed by atoms with E-state index in [-0.39, 0.29) is 12.5 Å². The van der Waals surface area contributed by atoms with Crippen molar-refractivity contribution in [3.8, 4) is 0 Å². The summed E-state index contributed by atoms with van der Waals surface area (Å²) in [6.45, 7) is 3.31. The largest absolute Gasteiger partial charge is 0.479 e. The average molecular weight is 160 g/mol. The highest BCUT2D eigenvalue weighted by atomic mass is 16.5. The summed E-state index contributed by atoms with van der Waals surface area (Å²) in [5.41, 5.74) is -1.68. The van der Waals surface area contributed by atoms with Crippen LogP contribution in [0.4, 0.5) is 0 Å². The first-order chi connectivity index (χ1) is 4.97. The van der Waals surface area contributed by atoms with E-state index in [9.17, 15) is 9.90 Å². The Morgan fingerprint density at radius 3 is 2.36 bits per heavy atom. The molecule has 0 bridgehead atoms. The SMILES string of the molecule is CC1CC(O)(C(=O)O)C(C)O1. The van der Waals surface area contributed by atoms with Crippen LogP contribution in [0.1, 0.15) is 20.3 Å². The van der Waals surface area contributed by atoms with Crippen molar-refractivity contribution in [2.75, 3.05) is 0 Å². The van der Waals surface area contributed by atoms with Crippen LogP contribution < -0.4 is 0 Å². The molecule has 1 rings (SSSR count). The summed E-state index contributed by atoms with van der Waals surface area (Å²) in [4.78, 5) is 10.5. The van der Waals surface area contributed by atoms with Gasteiger partial charge in [-0.1, -0.05) is 0 Å². The van der Waals surface area contributed by atoms with Crippen LogP contribution in [0.3, 0.4) is 0 Å². The van der Waals surface area contributed by atoms with Gasteiger partial charge in [0.25, 0.3) is 0 Å². The number of ether oxygens (including phenoxy) is 1. The molecule has 64 valence electrons. The summed E-state index contributed by atoms with van der Waals surface area (Å²) in [7, 11) is 0. The molecule has 3 atom stereocenters. The minimum absolute atomic E-state index is 0.170. The molecular weight excluding hydrogens is 148 g/mol. The number of hydrogen-bond donors (Lipinski definition) is 2. The normalized spacial score (nSPS) is 44.3. The van der Waals surface area contributed by atoms with Crippen molar-refractivity contribution < 1.29 is 19.7 Å². The first-order valence-electron chi connectivity index (χ1n) is 3.58. The number of carboxylic acid groups (broad SMARTS) is 1. The summed E-state index contributed by atoms with van der Waals surface area (Å²) < 4.78 is 5.11. The maximum absolute atomic E-state index is 10.5. The first-order valence-corrected chi connectivity index (χ1v) is 3.58. The van der Waals surface area contributed by atoms with Crippen LogP contribution in [0.25, 0.3) is 0 Å². The van der Waals surface area contributed by atoms with Crippen LogP contribution in [0.5, 0.6) is 0 Å². The lowest BCUT2D eigenvalue weighted by Crippen LogP contribution is -2.44. The van der Waals surface area contributed by atoms with Crippen molar-refractivity contribution in [3.05, 3.63) is 0 Å². The molecule has 1 fully saturated rings. The second-order valence-corrected chi connectivity index (χ2v) is 3.02. The maximum atomic E-state index is 10.5. The molecule has 0 aromatic heterocycles. The maximum Gasteiger partial charge on any atom is 0.338 e. The van der Waals surface area contributed by atoms with Gasteiger partial charge in [-0.2, -0.15) is 0 Å². The minimum Gasteiger partial charge on any atom is -0.479 e. The van der Waals surface area contributed by atoms with E-state index >= 15 is 0 Å². The van der Waals surface area contributed by atoms with Gasteiger partial charge in [-0.15, -0.1) is 0 Å². The van der Waals surface area contributed by atoms with E-state index in [0.717, 1.165) is 0 Å². The molecule has 3 unspecified atom stereocenters. The first kappa shape index (κ1) is 8.49. The number of rotatable bonds is 1. The lowest BCUT2D eigenvalue weighted by atomic mass is 9.95. The Hall–Kier alpha value is -0.610. The molecule has 0 aromatic rings. The summed E-state index contributed by atoms with van der Waals surface area (Å²) >= 11 is 0. The zero-order valence-corrected chi connectivity index (χ0v) is 6.57. The van der Waals surface area contributed by atoms with E-state index in [4.69, 9.17) is 9.84 Å². The van der Waals surface area contributed by atoms with Gasteiger partial charge < -0.3 is 14.9 Å². The molecule has 0 saturated carbocycles. The Morgan fingerprint density at radius 2 is 2.18 bits per heavy atom. The molecule has 4 nitrogen and oxygen atoms in total. The van der Waals surface area contributed by atoms with Crippen molar-refractivity contribution in [3.63, 3.8) is 0 Å². The standard InChI is InChI=1S/C7H12O4/c1-4-3-7(10,6(8)9)5(2)11-4/h4-5,10H,3H2,1-2H3,(H,8,9). The molecule has 1 aliphatic heterocycles. The fourth-order valence-electron chi connectivity index (χ4n) is 1.37. The lowest BCUT2D eigenvalue weighted by molar-refractivity contribution is -0.163. The summed E-state index contributed by atoms with van der Waals surface area (Å²) in [6, 6.07) is 0. The molecule has 0 aromatic carbocycles. The predicted octanol–water partition coefficient (Wildman–Crippen LogP) is -0.000600. The molecule has 4 heteroatoms. The van der Waals surface area contributed by atoms with Gasteiger partial charge in [0, 0.05) is 6.42 Å². The van der Waals surface area contributed by atoms with Crippen LogP contribution in [0.15, 0.2) is 0 Å². The summed E-state index contributed by atoms with van der Waals surface area (Å²) in [6.07, 6.45) is -0.621. The number of hydrogen-bond acceptors (Lipinski definition) is 3. The molecule has 1 saturated heterocycles. The molecular formula is C7H12O4. The van der Waals surface area contributed by atoms with E-state index in [1.54, 1.807) is 13.8 Å². The van der Waals surface area contributed by atoms with Gasteiger partial charge in [-0.05, 0) is 13.8 Å². The molecule has 0 aliphatic carbocycles. The molecule has 1 aliphatic rings. The van der Waals surface area contributed by atoms with Crippen LogP contribution >= 0.6 is 0 Å². The highest BCUT2D eigenvalue weighted by Crippen LogP contribution is 2.30. The average Bonchev–Trinajstić information content (AvgIpc) is 2.08. The highest BCUT2D eigenvalue weighted by Gasteiger charge is 2.49. The second-order valence-electron chi connectivity index (χ2n) is 3.02. The topological polar surface area (TPSA) is 66.8 Å². The van der Waals surface area contributed by atoms with Gasteiger partial charge in [-0.25, -0.2) is 4.79 Å². The second kappa shape index (κ2) is 2.46. The van der Waals surface area contributed by atoms with Crippen LogP contribution in [-0.4, -0.2) is 34.0 Å². The lowest BCUT2D eigenvalue weighted by Gasteiger charge is -2.19. The molecule has 2 N–H and O–H groups in total. The summed E-state index contributed by atoms with van der Waals surface area (Å²) in [5.74, 6) is -1.20. The molecule has 0 radical (unpaired) electrons. The van der Waals surface area contributed by atoms with E-state index < -0.39 is 17.7 Å². The number of carbonyl (C=O) groups is 1. The summed E-state index contributed by atoms with van der Waals surface area (Å²) in [5, 5.41) is 18.1. The molecule has 1 heterocycles. The van der Waals surface area contributed by atoms with Gasteiger partial charge in [0.2, 0.25) is 0 Å². The van der Waals surface area contributed by atoms with Gasteiger partial charge in [0.1, 0.15) is 0 Å². The fraction of sp³-hybridized carbons (Fsp3) is 0.857. The zero-order chi connectivity index (χ0) is 8.65. The minimum atomic E-state index is -1.68. The Morgan fingerprint density at radius 1 is 1.64 bits per heavy atom. The van der Waals surface area contributed by atoms with Gasteiger partial charge in [-0.3, -0.25) is 0 Å². The van der Waals surface area contributed by atoms with E-state index in [1.165, 1.54) is 0 Å². The van der Waals surface area contributed by atoms with Crippen molar-refractivity contribution in [1.82, 2.24) is 0 Å². The van der Waals surface area contributed by atoms with E-state index in [2.05, 4.69) is 0 Å². The molecule has 11 heavy (non-hydrogen) atoms. The van der Waals surface area contributed by atoms with Crippen molar-refractivity contribution in [1.29, 1.82) is 0 Å². The third-order valence-electron chi connectivity index (χ3n) is 2.08. The Bertz CT molecular complexity index is 179.